The van der Waals surface area contributed by atoms with Gasteiger partial charge in [-0.05, 0) is 24.6 Å². The molecule has 0 unspecified atom stereocenters. The van der Waals surface area contributed by atoms with Gasteiger partial charge in [-0.2, -0.15) is 5.10 Å². The number of halogens is 1. The van der Waals surface area contributed by atoms with Gasteiger partial charge < -0.3 is 5.11 Å². The van der Waals surface area contributed by atoms with Crippen LogP contribution in [-0.4, -0.2) is 20.9 Å². The molecule has 0 aliphatic rings. The monoisotopic (exact) mass is 234 g/mol. The molecule has 0 aliphatic heterocycles. The van der Waals surface area contributed by atoms with Gasteiger partial charge in [0.05, 0.1) is 11.9 Å². The van der Waals surface area contributed by atoms with E-state index in [-0.39, 0.29) is 5.56 Å². The zero-order chi connectivity index (χ0) is 12.6. The number of aromatic carboxylic acids is 1. The zero-order valence-electron chi connectivity index (χ0n) is 9.44. The van der Waals surface area contributed by atoms with Crippen LogP contribution in [-0.2, 0) is 7.05 Å². The number of aromatic nitrogens is 2. The Bertz CT molecular complexity index is 590. The predicted molar refractivity (Wildman–Crippen MR) is 60.3 cm³/mol. The van der Waals surface area contributed by atoms with Gasteiger partial charge in [0, 0.05) is 12.6 Å². The molecule has 5 heteroatoms. The quantitative estimate of drug-likeness (QED) is 0.866. The number of benzene rings is 1. The lowest BCUT2D eigenvalue weighted by molar-refractivity contribution is 0.0697. The topological polar surface area (TPSA) is 55.1 Å². The largest absolute Gasteiger partial charge is 0.478 e. The molecule has 0 saturated heterocycles. The second kappa shape index (κ2) is 4.01. The van der Waals surface area contributed by atoms with E-state index in [2.05, 4.69) is 5.10 Å². The van der Waals surface area contributed by atoms with Gasteiger partial charge in [0.25, 0.3) is 0 Å². The Morgan fingerprint density at radius 3 is 2.82 bits per heavy atom. The predicted octanol–water partition coefficient (Wildman–Crippen LogP) is 2.23. The first-order valence-corrected chi connectivity index (χ1v) is 5.02. The first-order valence-electron chi connectivity index (χ1n) is 5.02. The molecule has 0 saturated carbocycles. The Morgan fingerprint density at radius 1 is 1.47 bits per heavy atom. The summed E-state index contributed by atoms with van der Waals surface area (Å²) in [4.78, 5) is 11.1. The summed E-state index contributed by atoms with van der Waals surface area (Å²) in [6.45, 7) is 1.80. The average molecular weight is 234 g/mol. The highest BCUT2D eigenvalue weighted by Crippen LogP contribution is 2.27. The molecule has 0 amide bonds. The third-order valence-electron chi connectivity index (χ3n) is 2.62. The van der Waals surface area contributed by atoms with Crippen LogP contribution in [0.2, 0.25) is 0 Å². The van der Waals surface area contributed by atoms with E-state index in [9.17, 15) is 9.18 Å². The molecule has 1 aromatic carbocycles. The summed E-state index contributed by atoms with van der Waals surface area (Å²) < 4.78 is 14.7. The number of carboxylic acid groups (broad SMARTS) is 1. The minimum Gasteiger partial charge on any atom is -0.478 e. The van der Waals surface area contributed by atoms with Crippen molar-refractivity contribution in [3.05, 3.63) is 41.3 Å². The van der Waals surface area contributed by atoms with E-state index < -0.39 is 11.8 Å². The van der Waals surface area contributed by atoms with Gasteiger partial charge in [-0.3, -0.25) is 4.68 Å². The molecule has 1 heterocycles. The lowest BCUT2D eigenvalue weighted by atomic mass is 10.0. The number of hydrogen-bond acceptors (Lipinski definition) is 2. The Morgan fingerprint density at radius 2 is 2.18 bits per heavy atom. The minimum atomic E-state index is -1.07. The van der Waals surface area contributed by atoms with Gasteiger partial charge in [-0.1, -0.05) is 6.07 Å². The number of carboxylic acids is 1. The first kappa shape index (κ1) is 11.3. The normalized spacial score (nSPS) is 10.5. The molecule has 0 aliphatic carbocycles. The standard InChI is InChI=1S/C12H11FN2O2/c1-7-3-4-8(13)5-9(7)11-10(12(16)17)6-14-15(11)2/h3-6H,1-2H3,(H,16,17). The molecular formula is C12H11FN2O2. The van der Waals surface area contributed by atoms with E-state index in [1.807, 2.05) is 0 Å². The Kier molecular flexibility index (Phi) is 2.67. The summed E-state index contributed by atoms with van der Waals surface area (Å²) in [7, 11) is 1.63. The second-order valence-corrected chi connectivity index (χ2v) is 3.79. The zero-order valence-corrected chi connectivity index (χ0v) is 9.44. The molecule has 0 atom stereocenters. The van der Waals surface area contributed by atoms with Crippen LogP contribution in [0, 0.1) is 12.7 Å². The number of rotatable bonds is 2. The van der Waals surface area contributed by atoms with E-state index in [0.717, 1.165) is 5.56 Å². The van der Waals surface area contributed by atoms with E-state index in [1.165, 1.54) is 23.0 Å². The van der Waals surface area contributed by atoms with Crippen LogP contribution in [0.15, 0.2) is 24.4 Å². The fraction of sp³-hybridized carbons (Fsp3) is 0.167. The van der Waals surface area contributed by atoms with Gasteiger partial charge in [0.15, 0.2) is 0 Å². The molecule has 2 rings (SSSR count). The van der Waals surface area contributed by atoms with Crippen LogP contribution in [0.4, 0.5) is 4.39 Å². The van der Waals surface area contributed by atoms with Crippen molar-refractivity contribution in [2.45, 2.75) is 6.92 Å². The lowest BCUT2D eigenvalue weighted by Crippen LogP contribution is -2.02. The van der Waals surface area contributed by atoms with Crippen molar-refractivity contribution >= 4 is 5.97 Å². The summed E-state index contributed by atoms with van der Waals surface area (Å²) >= 11 is 0. The van der Waals surface area contributed by atoms with Crippen molar-refractivity contribution in [2.24, 2.45) is 7.05 Å². The number of aryl methyl sites for hydroxylation is 2. The SMILES string of the molecule is Cc1ccc(F)cc1-c1c(C(=O)O)cnn1C. The summed E-state index contributed by atoms with van der Waals surface area (Å²) in [5, 5.41) is 13.0. The molecule has 4 nitrogen and oxygen atoms in total. The fourth-order valence-corrected chi connectivity index (χ4v) is 1.76. The molecule has 2 aromatic rings. The summed E-state index contributed by atoms with van der Waals surface area (Å²) in [6.07, 6.45) is 1.27. The second-order valence-electron chi connectivity index (χ2n) is 3.79. The molecular weight excluding hydrogens is 223 g/mol. The van der Waals surface area contributed by atoms with Crippen molar-refractivity contribution in [2.75, 3.05) is 0 Å². The molecule has 0 spiro atoms. The van der Waals surface area contributed by atoms with Crippen LogP contribution in [0.5, 0.6) is 0 Å². The fourth-order valence-electron chi connectivity index (χ4n) is 1.76. The number of hydrogen-bond donors (Lipinski definition) is 1. The van der Waals surface area contributed by atoms with Crippen molar-refractivity contribution in [3.8, 4) is 11.3 Å². The molecule has 88 valence electrons. The highest BCUT2D eigenvalue weighted by atomic mass is 19.1. The molecule has 0 radical (unpaired) electrons. The van der Waals surface area contributed by atoms with Gasteiger partial charge in [-0.15, -0.1) is 0 Å². The maximum absolute atomic E-state index is 13.2. The third kappa shape index (κ3) is 1.91. The number of carbonyl (C=O) groups is 1. The Balaban J connectivity index is 2.71. The summed E-state index contributed by atoms with van der Waals surface area (Å²) in [5.74, 6) is -1.47. The lowest BCUT2D eigenvalue weighted by Gasteiger charge is -2.07. The van der Waals surface area contributed by atoms with Gasteiger partial charge in [0.2, 0.25) is 0 Å². The van der Waals surface area contributed by atoms with E-state index in [0.29, 0.717) is 11.3 Å². The van der Waals surface area contributed by atoms with Crippen LogP contribution < -0.4 is 0 Å². The van der Waals surface area contributed by atoms with E-state index >= 15 is 0 Å². The maximum atomic E-state index is 13.2. The summed E-state index contributed by atoms with van der Waals surface area (Å²) in [5.41, 5.74) is 1.83. The van der Waals surface area contributed by atoms with Gasteiger partial charge in [0.1, 0.15) is 11.4 Å². The molecule has 1 aromatic heterocycles. The highest BCUT2D eigenvalue weighted by molar-refractivity contribution is 5.95. The van der Waals surface area contributed by atoms with Crippen molar-refractivity contribution < 1.29 is 14.3 Å². The first-order chi connectivity index (χ1) is 8.00. The summed E-state index contributed by atoms with van der Waals surface area (Å²) in [6, 6.07) is 4.28. The van der Waals surface area contributed by atoms with E-state index in [4.69, 9.17) is 5.11 Å². The highest BCUT2D eigenvalue weighted by Gasteiger charge is 2.18. The van der Waals surface area contributed by atoms with E-state index in [1.54, 1.807) is 20.0 Å². The van der Waals surface area contributed by atoms with Gasteiger partial charge >= 0.3 is 5.97 Å². The molecule has 17 heavy (non-hydrogen) atoms. The molecule has 0 fully saturated rings. The third-order valence-corrected chi connectivity index (χ3v) is 2.62. The van der Waals surface area contributed by atoms with Gasteiger partial charge in [-0.25, -0.2) is 9.18 Å². The minimum absolute atomic E-state index is 0.0706. The number of nitrogens with zero attached hydrogens (tertiary/aromatic N) is 2. The average Bonchev–Trinajstić information content (AvgIpc) is 2.64. The van der Waals surface area contributed by atoms with Crippen molar-refractivity contribution in [1.29, 1.82) is 0 Å². The van der Waals surface area contributed by atoms with Crippen LogP contribution in [0.1, 0.15) is 15.9 Å². The van der Waals surface area contributed by atoms with Crippen LogP contribution >= 0.6 is 0 Å². The molecule has 1 N–H and O–H groups in total. The van der Waals surface area contributed by atoms with Crippen molar-refractivity contribution in [1.82, 2.24) is 9.78 Å². The van der Waals surface area contributed by atoms with Crippen LogP contribution in [0.25, 0.3) is 11.3 Å². The van der Waals surface area contributed by atoms with Crippen molar-refractivity contribution in [3.63, 3.8) is 0 Å². The maximum Gasteiger partial charge on any atom is 0.339 e. The Labute approximate surface area is 97.3 Å². The Hall–Kier alpha value is -2.17. The van der Waals surface area contributed by atoms with Crippen LogP contribution in [0.3, 0.4) is 0 Å². The molecule has 0 bridgehead atoms. The smallest absolute Gasteiger partial charge is 0.339 e.